The molecule has 1 amide bonds. The fourth-order valence-corrected chi connectivity index (χ4v) is 3.43. The first-order valence-electron chi connectivity index (χ1n) is 8.03. The Kier molecular flexibility index (Phi) is 4.92. The first-order valence-corrected chi connectivity index (χ1v) is 8.03. The molecule has 0 radical (unpaired) electrons. The van der Waals surface area contributed by atoms with Crippen molar-refractivity contribution in [3.05, 3.63) is 58.9 Å². The third kappa shape index (κ3) is 3.07. The zero-order valence-electron chi connectivity index (χ0n) is 13.8. The average molecular weight is 404 g/mol. The highest BCUT2D eigenvalue weighted by Crippen LogP contribution is 2.34. The lowest BCUT2D eigenvalue weighted by Crippen LogP contribution is -2.23. The third-order valence-corrected chi connectivity index (χ3v) is 4.50. The number of carbonyl (C=O) groups excluding carboxylic acids is 1. The molecule has 6 heteroatoms. The maximum atomic E-state index is 13.9. The highest BCUT2D eigenvalue weighted by atomic mass is 79.9. The summed E-state index contributed by atoms with van der Waals surface area (Å²) in [6, 6.07) is 11.0. The fourth-order valence-electron chi connectivity index (χ4n) is 3.43. The fraction of sp³-hybridized carbons (Fsp3) is 0.211. The van der Waals surface area contributed by atoms with E-state index in [1.54, 1.807) is 0 Å². The zero-order valence-corrected chi connectivity index (χ0v) is 15.5. The van der Waals surface area contributed by atoms with Crippen LogP contribution in [0.3, 0.4) is 0 Å². The number of hydrogen-bond donors (Lipinski definition) is 3. The van der Waals surface area contributed by atoms with Crippen molar-refractivity contribution in [2.75, 3.05) is 13.6 Å². The van der Waals surface area contributed by atoms with E-state index in [1.165, 1.54) is 17.7 Å². The van der Waals surface area contributed by atoms with Gasteiger partial charge in [0.1, 0.15) is 5.82 Å². The van der Waals surface area contributed by atoms with Gasteiger partial charge in [-0.15, -0.1) is 17.0 Å². The predicted molar refractivity (Wildman–Crippen MR) is 103 cm³/mol. The SMILES string of the molecule is Br.CNCc1ccc(-c2[nH]c3cc(F)cc4c3c2CCNC4=O)cc1. The average Bonchev–Trinajstić information content (AvgIpc) is 2.84. The molecular weight excluding hydrogens is 385 g/mol. The van der Waals surface area contributed by atoms with Crippen LogP contribution in [-0.2, 0) is 13.0 Å². The van der Waals surface area contributed by atoms with Crippen LogP contribution in [-0.4, -0.2) is 24.5 Å². The molecule has 3 aromatic rings. The number of aromatic amines is 1. The molecule has 0 aliphatic carbocycles. The van der Waals surface area contributed by atoms with E-state index in [-0.39, 0.29) is 22.9 Å². The summed E-state index contributed by atoms with van der Waals surface area (Å²) < 4.78 is 13.9. The minimum absolute atomic E-state index is 0. The molecule has 130 valence electrons. The van der Waals surface area contributed by atoms with Crippen molar-refractivity contribution in [2.45, 2.75) is 13.0 Å². The van der Waals surface area contributed by atoms with E-state index in [2.05, 4.69) is 39.9 Å². The van der Waals surface area contributed by atoms with Crippen LogP contribution in [0.25, 0.3) is 22.2 Å². The van der Waals surface area contributed by atoms with Gasteiger partial charge in [0.25, 0.3) is 5.91 Å². The molecule has 1 aromatic heterocycles. The topological polar surface area (TPSA) is 56.9 Å². The lowest BCUT2D eigenvalue weighted by atomic mass is 9.99. The van der Waals surface area contributed by atoms with Crippen LogP contribution in [0.15, 0.2) is 36.4 Å². The number of carbonyl (C=O) groups is 1. The Bertz CT molecular complexity index is 934. The monoisotopic (exact) mass is 403 g/mol. The lowest BCUT2D eigenvalue weighted by Gasteiger charge is -2.06. The van der Waals surface area contributed by atoms with Crippen molar-refractivity contribution in [1.29, 1.82) is 0 Å². The van der Waals surface area contributed by atoms with Crippen molar-refractivity contribution >= 4 is 33.8 Å². The van der Waals surface area contributed by atoms with Crippen LogP contribution < -0.4 is 10.6 Å². The maximum absolute atomic E-state index is 13.9. The lowest BCUT2D eigenvalue weighted by molar-refractivity contribution is 0.0957. The molecule has 0 unspecified atom stereocenters. The standard InChI is InChI=1S/C19H18FN3O.BrH/c1-21-10-11-2-4-12(5-3-11)18-14-6-7-22-19(24)15-8-13(20)9-16(23-18)17(14)15;/h2-5,8-9,21,23H,6-7,10H2,1H3,(H,22,24);1H. The molecule has 1 aliphatic rings. The van der Waals surface area contributed by atoms with Gasteiger partial charge < -0.3 is 15.6 Å². The summed E-state index contributed by atoms with van der Waals surface area (Å²) in [5.41, 5.74) is 5.36. The maximum Gasteiger partial charge on any atom is 0.252 e. The molecule has 1 aliphatic heterocycles. The van der Waals surface area contributed by atoms with E-state index < -0.39 is 5.82 Å². The Morgan fingerprint density at radius 3 is 2.68 bits per heavy atom. The van der Waals surface area contributed by atoms with Gasteiger partial charge in [-0.05, 0) is 42.3 Å². The molecule has 4 nitrogen and oxygen atoms in total. The minimum atomic E-state index is -0.404. The van der Waals surface area contributed by atoms with Gasteiger partial charge >= 0.3 is 0 Å². The molecule has 0 fully saturated rings. The van der Waals surface area contributed by atoms with Crippen molar-refractivity contribution < 1.29 is 9.18 Å². The number of aromatic nitrogens is 1. The molecule has 0 bridgehead atoms. The second-order valence-electron chi connectivity index (χ2n) is 6.09. The van der Waals surface area contributed by atoms with E-state index in [9.17, 15) is 9.18 Å². The Morgan fingerprint density at radius 1 is 1.20 bits per heavy atom. The van der Waals surface area contributed by atoms with Crippen LogP contribution >= 0.6 is 17.0 Å². The Labute approximate surface area is 155 Å². The largest absolute Gasteiger partial charge is 0.354 e. The van der Waals surface area contributed by atoms with Crippen LogP contribution in [0.1, 0.15) is 21.5 Å². The van der Waals surface area contributed by atoms with Gasteiger partial charge in [-0.25, -0.2) is 4.39 Å². The smallest absolute Gasteiger partial charge is 0.252 e. The van der Waals surface area contributed by atoms with Crippen molar-refractivity contribution in [2.24, 2.45) is 0 Å². The van der Waals surface area contributed by atoms with Crippen molar-refractivity contribution in [3.63, 3.8) is 0 Å². The van der Waals surface area contributed by atoms with E-state index in [4.69, 9.17) is 0 Å². The first-order chi connectivity index (χ1) is 11.7. The van der Waals surface area contributed by atoms with Gasteiger partial charge in [0.2, 0.25) is 0 Å². The summed E-state index contributed by atoms with van der Waals surface area (Å²) >= 11 is 0. The molecule has 0 saturated carbocycles. The van der Waals surface area contributed by atoms with E-state index in [0.717, 1.165) is 35.2 Å². The molecule has 0 spiro atoms. The van der Waals surface area contributed by atoms with Crippen LogP contribution in [0.5, 0.6) is 0 Å². The van der Waals surface area contributed by atoms with Crippen LogP contribution in [0.4, 0.5) is 4.39 Å². The Hall–Kier alpha value is -2.18. The Balaban J connectivity index is 0.00000182. The highest BCUT2D eigenvalue weighted by molar-refractivity contribution is 8.93. The van der Waals surface area contributed by atoms with Gasteiger partial charge in [0.15, 0.2) is 0 Å². The predicted octanol–water partition coefficient (Wildman–Crippen LogP) is 3.56. The van der Waals surface area contributed by atoms with Gasteiger partial charge in [-0.2, -0.15) is 0 Å². The molecule has 0 saturated heterocycles. The van der Waals surface area contributed by atoms with Crippen LogP contribution in [0, 0.1) is 5.82 Å². The summed E-state index contributed by atoms with van der Waals surface area (Å²) in [7, 11) is 1.92. The summed E-state index contributed by atoms with van der Waals surface area (Å²) in [5.74, 6) is -0.619. The number of hydrogen-bond acceptors (Lipinski definition) is 2. The molecule has 2 aromatic carbocycles. The number of H-pyrrole nitrogens is 1. The van der Waals surface area contributed by atoms with Crippen LogP contribution in [0.2, 0.25) is 0 Å². The number of nitrogens with one attached hydrogen (secondary N) is 3. The molecule has 2 heterocycles. The summed E-state index contributed by atoms with van der Waals surface area (Å²) in [6.45, 7) is 1.36. The van der Waals surface area contributed by atoms with Gasteiger partial charge in [0, 0.05) is 29.7 Å². The number of rotatable bonds is 3. The quantitative estimate of drug-likeness (QED) is 0.626. The first kappa shape index (κ1) is 17.6. The van der Waals surface area contributed by atoms with Crippen molar-refractivity contribution in [1.82, 2.24) is 15.6 Å². The molecule has 3 N–H and O–H groups in total. The second-order valence-corrected chi connectivity index (χ2v) is 6.09. The van der Waals surface area contributed by atoms with Gasteiger partial charge in [-0.3, -0.25) is 4.79 Å². The minimum Gasteiger partial charge on any atom is -0.354 e. The van der Waals surface area contributed by atoms with Gasteiger partial charge in [0.05, 0.1) is 5.56 Å². The van der Waals surface area contributed by atoms with E-state index in [0.29, 0.717) is 17.6 Å². The summed E-state index contributed by atoms with van der Waals surface area (Å²) in [6.07, 6.45) is 0.720. The Morgan fingerprint density at radius 2 is 1.96 bits per heavy atom. The molecule has 0 atom stereocenters. The number of halogens is 2. The highest BCUT2D eigenvalue weighted by Gasteiger charge is 2.23. The third-order valence-electron chi connectivity index (χ3n) is 4.50. The number of benzene rings is 2. The second kappa shape index (κ2) is 6.98. The normalized spacial score (nSPS) is 13.3. The van der Waals surface area contributed by atoms with Crippen molar-refractivity contribution in [3.8, 4) is 11.3 Å². The summed E-state index contributed by atoms with van der Waals surface area (Å²) in [5, 5.41) is 6.80. The summed E-state index contributed by atoms with van der Waals surface area (Å²) in [4.78, 5) is 15.5. The number of amides is 1. The molecule has 25 heavy (non-hydrogen) atoms. The molecule has 4 rings (SSSR count). The van der Waals surface area contributed by atoms with Gasteiger partial charge in [-0.1, -0.05) is 24.3 Å². The zero-order chi connectivity index (χ0) is 16.7. The van der Waals surface area contributed by atoms with E-state index in [1.807, 2.05) is 7.05 Å². The van der Waals surface area contributed by atoms with E-state index >= 15 is 0 Å². The molecular formula is C19H19BrFN3O.